The van der Waals surface area contributed by atoms with E-state index in [1.54, 1.807) is 20.2 Å². The Morgan fingerprint density at radius 3 is 2.75 bits per heavy atom. The van der Waals surface area contributed by atoms with Gasteiger partial charge in [0.15, 0.2) is 0 Å². The van der Waals surface area contributed by atoms with Gasteiger partial charge in [0.05, 0.1) is 4.92 Å². The Kier molecular flexibility index (Phi) is 3.99. The van der Waals surface area contributed by atoms with Gasteiger partial charge in [0.25, 0.3) is 0 Å². The highest BCUT2D eigenvalue weighted by molar-refractivity contribution is 7.84. The molecule has 0 amide bonds. The normalized spacial score (nSPS) is 12.4. The summed E-state index contributed by atoms with van der Waals surface area (Å²) < 4.78 is 12.3. The van der Waals surface area contributed by atoms with Crippen molar-refractivity contribution < 1.29 is 9.13 Å². The SMILES string of the molecule is Cc1nn(C)c(NCCS(C)=O)c1[N+](=O)[O-]. The van der Waals surface area contributed by atoms with E-state index in [0.717, 1.165) is 0 Å². The maximum Gasteiger partial charge on any atom is 0.333 e. The molecule has 7 nitrogen and oxygen atoms in total. The van der Waals surface area contributed by atoms with Crippen molar-refractivity contribution in [2.24, 2.45) is 7.05 Å². The lowest BCUT2D eigenvalue weighted by Crippen LogP contribution is -2.13. The van der Waals surface area contributed by atoms with Gasteiger partial charge in [-0.25, -0.2) is 4.68 Å². The van der Waals surface area contributed by atoms with Gasteiger partial charge in [-0.1, -0.05) is 0 Å². The molecule has 1 aromatic rings. The van der Waals surface area contributed by atoms with Crippen LogP contribution in [0.1, 0.15) is 5.69 Å². The molecule has 0 fully saturated rings. The van der Waals surface area contributed by atoms with Crippen LogP contribution in [-0.4, -0.2) is 37.5 Å². The van der Waals surface area contributed by atoms with Crippen LogP contribution in [0.3, 0.4) is 0 Å². The van der Waals surface area contributed by atoms with Crippen molar-refractivity contribution >= 4 is 22.3 Å². The highest BCUT2D eigenvalue weighted by Crippen LogP contribution is 2.26. The molecular weight excluding hydrogens is 232 g/mol. The van der Waals surface area contributed by atoms with Gasteiger partial charge in [-0.15, -0.1) is 0 Å². The van der Waals surface area contributed by atoms with Crippen LogP contribution in [0, 0.1) is 17.0 Å². The van der Waals surface area contributed by atoms with E-state index in [0.29, 0.717) is 23.8 Å². The Morgan fingerprint density at radius 1 is 1.62 bits per heavy atom. The first kappa shape index (κ1) is 12.6. The predicted molar refractivity (Wildman–Crippen MR) is 62.0 cm³/mol. The first-order valence-corrected chi connectivity index (χ1v) is 6.38. The third kappa shape index (κ3) is 2.78. The third-order valence-corrected chi connectivity index (χ3v) is 2.83. The molecule has 1 aromatic heterocycles. The van der Waals surface area contributed by atoms with Gasteiger partial charge in [-0.3, -0.25) is 14.3 Å². The smallest absolute Gasteiger partial charge is 0.333 e. The van der Waals surface area contributed by atoms with Gasteiger partial charge >= 0.3 is 5.69 Å². The van der Waals surface area contributed by atoms with Crippen LogP contribution < -0.4 is 5.32 Å². The van der Waals surface area contributed by atoms with Gasteiger partial charge < -0.3 is 5.32 Å². The quantitative estimate of drug-likeness (QED) is 0.601. The van der Waals surface area contributed by atoms with Crippen LogP contribution in [0.15, 0.2) is 0 Å². The molecule has 1 unspecified atom stereocenters. The second kappa shape index (κ2) is 5.06. The van der Waals surface area contributed by atoms with Crippen LogP contribution in [0.4, 0.5) is 11.5 Å². The van der Waals surface area contributed by atoms with Crippen molar-refractivity contribution in [2.75, 3.05) is 23.9 Å². The van der Waals surface area contributed by atoms with Crippen LogP contribution in [0.25, 0.3) is 0 Å². The van der Waals surface area contributed by atoms with E-state index in [4.69, 9.17) is 0 Å². The summed E-state index contributed by atoms with van der Waals surface area (Å²) in [6.07, 6.45) is 1.59. The fraction of sp³-hybridized carbons (Fsp3) is 0.625. The number of aryl methyl sites for hydroxylation is 2. The standard InChI is InChI=1S/C8H14N4O3S/c1-6-7(12(13)14)8(11(2)10-6)9-4-5-16(3)15/h9H,4-5H2,1-3H3. The lowest BCUT2D eigenvalue weighted by atomic mass is 10.4. The van der Waals surface area contributed by atoms with E-state index in [-0.39, 0.29) is 5.69 Å². The van der Waals surface area contributed by atoms with Gasteiger partial charge in [0.2, 0.25) is 5.82 Å². The minimum atomic E-state index is -0.918. The number of anilines is 1. The Balaban J connectivity index is 2.86. The van der Waals surface area contributed by atoms with E-state index in [2.05, 4.69) is 10.4 Å². The Morgan fingerprint density at radius 2 is 2.25 bits per heavy atom. The molecule has 0 aliphatic carbocycles. The zero-order valence-corrected chi connectivity index (χ0v) is 10.2. The number of hydrogen-bond acceptors (Lipinski definition) is 5. The van der Waals surface area contributed by atoms with Gasteiger partial charge in [0.1, 0.15) is 5.69 Å². The fourth-order valence-electron chi connectivity index (χ4n) is 1.38. The second-order valence-electron chi connectivity index (χ2n) is 3.37. The largest absolute Gasteiger partial charge is 0.364 e. The van der Waals surface area contributed by atoms with E-state index in [9.17, 15) is 14.3 Å². The summed E-state index contributed by atoms with van der Waals surface area (Å²) in [6.45, 7) is 2.00. The molecule has 0 spiro atoms. The first-order chi connectivity index (χ1) is 7.43. The molecular formula is C8H14N4O3S. The molecule has 0 saturated heterocycles. The number of nitro groups is 1. The maximum absolute atomic E-state index is 10.9. The predicted octanol–water partition coefficient (Wildman–Crippen LogP) is 0.427. The zero-order chi connectivity index (χ0) is 12.3. The summed E-state index contributed by atoms with van der Waals surface area (Å²) >= 11 is 0. The highest BCUT2D eigenvalue weighted by atomic mass is 32.2. The molecule has 0 bridgehead atoms. The molecule has 1 atom stereocenters. The summed E-state index contributed by atoms with van der Waals surface area (Å²) in [5.41, 5.74) is 0.344. The monoisotopic (exact) mass is 246 g/mol. The summed E-state index contributed by atoms with van der Waals surface area (Å²) in [6, 6.07) is 0. The highest BCUT2D eigenvalue weighted by Gasteiger charge is 2.23. The molecule has 0 aromatic carbocycles. The van der Waals surface area contributed by atoms with Crippen molar-refractivity contribution in [3.63, 3.8) is 0 Å². The summed E-state index contributed by atoms with van der Waals surface area (Å²) in [4.78, 5) is 10.3. The fourth-order valence-corrected chi connectivity index (χ4v) is 1.77. The number of aromatic nitrogens is 2. The molecule has 90 valence electrons. The van der Waals surface area contributed by atoms with Gasteiger partial charge in [-0.2, -0.15) is 5.10 Å². The molecule has 16 heavy (non-hydrogen) atoms. The maximum atomic E-state index is 10.9. The van der Waals surface area contributed by atoms with Crippen LogP contribution >= 0.6 is 0 Å². The average molecular weight is 246 g/mol. The molecule has 1 heterocycles. The lowest BCUT2D eigenvalue weighted by molar-refractivity contribution is -0.384. The second-order valence-corrected chi connectivity index (χ2v) is 4.92. The molecule has 0 saturated carbocycles. The van der Waals surface area contributed by atoms with Crippen molar-refractivity contribution in [3.8, 4) is 0 Å². The minimum absolute atomic E-state index is 0.0237. The zero-order valence-electron chi connectivity index (χ0n) is 9.39. The first-order valence-electron chi connectivity index (χ1n) is 4.65. The van der Waals surface area contributed by atoms with Crippen molar-refractivity contribution in [1.29, 1.82) is 0 Å². The molecule has 1 rings (SSSR count). The Hall–Kier alpha value is -1.44. The molecule has 0 aliphatic rings. The van der Waals surface area contributed by atoms with E-state index < -0.39 is 15.7 Å². The van der Waals surface area contributed by atoms with E-state index in [1.807, 2.05) is 0 Å². The minimum Gasteiger partial charge on any atom is -0.364 e. The summed E-state index contributed by atoms with van der Waals surface area (Å²) in [5.74, 6) is 0.800. The van der Waals surface area contributed by atoms with Crippen molar-refractivity contribution in [2.45, 2.75) is 6.92 Å². The Labute approximate surface area is 95.4 Å². The van der Waals surface area contributed by atoms with Crippen LogP contribution in [-0.2, 0) is 17.8 Å². The topological polar surface area (TPSA) is 90.1 Å². The third-order valence-electron chi connectivity index (χ3n) is 2.06. The molecule has 8 heteroatoms. The van der Waals surface area contributed by atoms with Crippen LogP contribution in [0.5, 0.6) is 0 Å². The van der Waals surface area contributed by atoms with E-state index in [1.165, 1.54) is 4.68 Å². The number of nitrogens with one attached hydrogen (secondary N) is 1. The van der Waals surface area contributed by atoms with Crippen molar-refractivity contribution in [1.82, 2.24) is 9.78 Å². The number of hydrogen-bond donors (Lipinski definition) is 1. The van der Waals surface area contributed by atoms with E-state index >= 15 is 0 Å². The summed E-state index contributed by atoms with van der Waals surface area (Å²) in [7, 11) is 0.712. The average Bonchev–Trinajstić information content (AvgIpc) is 2.40. The molecule has 0 aliphatic heterocycles. The lowest BCUT2D eigenvalue weighted by Gasteiger charge is -2.04. The molecule has 1 N–H and O–H groups in total. The number of nitrogens with zero attached hydrogens (tertiary/aromatic N) is 3. The Bertz CT molecular complexity index is 429. The molecule has 0 radical (unpaired) electrons. The number of rotatable bonds is 5. The summed E-state index contributed by atoms with van der Waals surface area (Å²) in [5, 5.41) is 17.7. The van der Waals surface area contributed by atoms with Gasteiger partial charge in [0, 0.05) is 36.4 Å². The van der Waals surface area contributed by atoms with Crippen LogP contribution in [0.2, 0.25) is 0 Å². The van der Waals surface area contributed by atoms with Crippen molar-refractivity contribution in [3.05, 3.63) is 15.8 Å². The van der Waals surface area contributed by atoms with Gasteiger partial charge in [-0.05, 0) is 6.92 Å².